The van der Waals surface area contributed by atoms with Crippen molar-refractivity contribution in [1.29, 1.82) is 0 Å². The Morgan fingerprint density at radius 2 is 2.12 bits per heavy atom. The molecule has 0 saturated heterocycles. The van der Waals surface area contributed by atoms with Crippen LogP contribution in [0.3, 0.4) is 0 Å². The number of rotatable bonds is 3. The van der Waals surface area contributed by atoms with Gasteiger partial charge in [0.25, 0.3) is 5.69 Å². The minimum Gasteiger partial charge on any atom is -0.465 e. The molecule has 8 heteroatoms. The second-order valence-corrected chi connectivity index (χ2v) is 3.81. The first-order valence-electron chi connectivity index (χ1n) is 4.48. The molecule has 0 aliphatic heterocycles. The van der Waals surface area contributed by atoms with Crippen molar-refractivity contribution < 1.29 is 14.8 Å². The first-order chi connectivity index (χ1) is 7.82. The van der Waals surface area contributed by atoms with Crippen LogP contribution in [0.25, 0.3) is 0 Å². The molecular formula is C9H10ClN3O4. The highest BCUT2D eigenvalue weighted by Gasteiger charge is 2.19. The van der Waals surface area contributed by atoms with Crippen molar-refractivity contribution in [2.45, 2.75) is 0 Å². The molecule has 0 radical (unpaired) electrons. The summed E-state index contributed by atoms with van der Waals surface area (Å²) in [5.41, 5.74) is -0.0142. The molecule has 1 rings (SSSR count). The lowest BCUT2D eigenvalue weighted by Crippen LogP contribution is -2.13. The monoisotopic (exact) mass is 259 g/mol. The Balaban J connectivity index is 3.36. The second-order valence-electron chi connectivity index (χ2n) is 3.40. The van der Waals surface area contributed by atoms with Crippen LogP contribution in [-0.2, 0) is 0 Å². The zero-order chi connectivity index (χ0) is 13.2. The average Bonchev–Trinajstić information content (AvgIpc) is 2.18. The highest BCUT2D eigenvalue weighted by atomic mass is 35.5. The van der Waals surface area contributed by atoms with Crippen LogP contribution in [0.4, 0.5) is 21.9 Å². The van der Waals surface area contributed by atoms with Crippen LogP contribution < -0.4 is 10.2 Å². The normalized spacial score (nSPS) is 9.82. The van der Waals surface area contributed by atoms with E-state index < -0.39 is 11.0 Å². The lowest BCUT2D eigenvalue weighted by atomic mass is 10.2. The number of hydrogen-bond donors (Lipinski definition) is 2. The topological polar surface area (TPSA) is 95.7 Å². The predicted molar refractivity (Wildman–Crippen MR) is 64.1 cm³/mol. The van der Waals surface area contributed by atoms with E-state index in [1.807, 2.05) is 5.32 Å². The molecule has 0 heterocycles. The molecular weight excluding hydrogens is 250 g/mol. The summed E-state index contributed by atoms with van der Waals surface area (Å²) in [5.74, 6) is 0. The van der Waals surface area contributed by atoms with E-state index in [4.69, 9.17) is 16.7 Å². The van der Waals surface area contributed by atoms with Crippen molar-refractivity contribution in [3.05, 3.63) is 27.3 Å². The second kappa shape index (κ2) is 4.88. The van der Waals surface area contributed by atoms with Gasteiger partial charge in [-0.15, -0.1) is 0 Å². The van der Waals surface area contributed by atoms with Crippen LogP contribution in [0.1, 0.15) is 0 Å². The van der Waals surface area contributed by atoms with Crippen molar-refractivity contribution >= 4 is 34.8 Å². The van der Waals surface area contributed by atoms with Crippen molar-refractivity contribution in [2.24, 2.45) is 0 Å². The van der Waals surface area contributed by atoms with Gasteiger partial charge in [0.05, 0.1) is 15.6 Å². The maximum atomic E-state index is 10.7. The zero-order valence-electron chi connectivity index (χ0n) is 9.10. The molecule has 0 aromatic heterocycles. The summed E-state index contributed by atoms with van der Waals surface area (Å²) < 4.78 is 0. The molecule has 17 heavy (non-hydrogen) atoms. The first kappa shape index (κ1) is 13.0. The number of nitrogens with zero attached hydrogens (tertiary/aromatic N) is 2. The molecule has 0 aliphatic carbocycles. The van der Waals surface area contributed by atoms with Crippen molar-refractivity contribution in [3.8, 4) is 0 Å². The molecule has 0 unspecified atom stereocenters. The van der Waals surface area contributed by atoms with Crippen LogP contribution in [0.5, 0.6) is 0 Å². The van der Waals surface area contributed by atoms with Gasteiger partial charge in [0.15, 0.2) is 0 Å². The molecule has 7 nitrogen and oxygen atoms in total. The highest BCUT2D eigenvalue weighted by molar-refractivity contribution is 6.33. The zero-order valence-corrected chi connectivity index (χ0v) is 9.85. The van der Waals surface area contributed by atoms with Crippen molar-refractivity contribution in [2.75, 3.05) is 24.3 Å². The SMILES string of the molecule is CN(C)c1cc(NC(=O)O)c([N+](=O)[O-])cc1Cl. The molecule has 0 saturated carbocycles. The van der Waals surface area contributed by atoms with Gasteiger partial charge in [0.2, 0.25) is 0 Å². The number of nitrogens with one attached hydrogen (secondary N) is 1. The van der Waals surface area contributed by atoms with Crippen LogP contribution in [0.2, 0.25) is 5.02 Å². The lowest BCUT2D eigenvalue weighted by molar-refractivity contribution is -0.383. The maximum Gasteiger partial charge on any atom is 0.409 e. The van der Waals surface area contributed by atoms with Gasteiger partial charge < -0.3 is 10.0 Å². The maximum absolute atomic E-state index is 10.7. The van der Waals surface area contributed by atoms with E-state index in [2.05, 4.69) is 0 Å². The third kappa shape index (κ3) is 2.97. The number of amides is 1. The molecule has 0 fully saturated rings. The summed E-state index contributed by atoms with van der Waals surface area (Å²) in [7, 11) is 3.38. The fraction of sp³-hybridized carbons (Fsp3) is 0.222. The molecule has 1 aromatic carbocycles. The lowest BCUT2D eigenvalue weighted by Gasteiger charge is -2.15. The number of anilines is 2. The van der Waals surface area contributed by atoms with E-state index >= 15 is 0 Å². The van der Waals surface area contributed by atoms with E-state index in [9.17, 15) is 14.9 Å². The predicted octanol–water partition coefficient (Wildman–Crippen LogP) is 2.40. The number of benzene rings is 1. The van der Waals surface area contributed by atoms with E-state index in [0.29, 0.717) is 5.69 Å². The minimum atomic E-state index is -1.37. The summed E-state index contributed by atoms with van der Waals surface area (Å²) in [6.45, 7) is 0. The number of nitro benzene ring substituents is 1. The van der Waals surface area contributed by atoms with E-state index in [1.54, 1.807) is 19.0 Å². The standard InChI is InChI=1S/C9H10ClN3O4/c1-12(2)7-4-6(11-9(14)15)8(13(16)17)3-5(7)10/h3-4,11H,1-2H3,(H,14,15). The van der Waals surface area contributed by atoms with E-state index in [1.165, 1.54) is 6.07 Å². The molecule has 1 aromatic rings. The number of carbonyl (C=O) groups is 1. The number of hydrogen-bond acceptors (Lipinski definition) is 4. The van der Waals surface area contributed by atoms with Gasteiger partial charge in [-0.25, -0.2) is 4.79 Å². The molecule has 1 amide bonds. The van der Waals surface area contributed by atoms with E-state index in [-0.39, 0.29) is 16.4 Å². The third-order valence-electron chi connectivity index (χ3n) is 1.99. The number of halogens is 1. The number of nitro groups is 1. The Morgan fingerprint density at radius 1 is 1.53 bits per heavy atom. The van der Waals surface area contributed by atoms with Crippen LogP contribution in [0.15, 0.2) is 12.1 Å². The molecule has 2 N–H and O–H groups in total. The summed E-state index contributed by atoms with van der Waals surface area (Å²) >= 11 is 5.86. The quantitative estimate of drug-likeness (QED) is 0.642. The van der Waals surface area contributed by atoms with E-state index in [0.717, 1.165) is 6.07 Å². The van der Waals surface area contributed by atoms with Crippen molar-refractivity contribution in [1.82, 2.24) is 0 Å². The summed E-state index contributed by atoms with van der Waals surface area (Å²) in [6, 6.07) is 2.43. The molecule has 92 valence electrons. The Bertz CT molecular complexity index is 476. The van der Waals surface area contributed by atoms with Gasteiger partial charge >= 0.3 is 6.09 Å². The summed E-state index contributed by atoms with van der Waals surface area (Å²) in [5, 5.41) is 21.5. The number of carboxylic acid groups (broad SMARTS) is 1. The van der Waals surface area contributed by atoms with Gasteiger partial charge in [0, 0.05) is 20.2 Å². The molecule has 0 atom stereocenters. The fourth-order valence-electron chi connectivity index (χ4n) is 1.26. The fourth-order valence-corrected chi connectivity index (χ4v) is 1.59. The Kier molecular flexibility index (Phi) is 3.74. The third-order valence-corrected chi connectivity index (χ3v) is 2.29. The van der Waals surface area contributed by atoms with Crippen molar-refractivity contribution in [3.63, 3.8) is 0 Å². The van der Waals surface area contributed by atoms with Gasteiger partial charge in [0.1, 0.15) is 5.69 Å². The highest BCUT2D eigenvalue weighted by Crippen LogP contribution is 2.35. The van der Waals surface area contributed by atoms with Gasteiger partial charge in [-0.2, -0.15) is 0 Å². The van der Waals surface area contributed by atoms with Crippen LogP contribution in [-0.4, -0.2) is 30.2 Å². The van der Waals surface area contributed by atoms with Gasteiger partial charge in [-0.1, -0.05) is 11.6 Å². The average molecular weight is 260 g/mol. The van der Waals surface area contributed by atoms with Crippen LogP contribution >= 0.6 is 11.6 Å². The smallest absolute Gasteiger partial charge is 0.409 e. The molecule has 0 bridgehead atoms. The summed E-state index contributed by atoms with van der Waals surface area (Å²) in [4.78, 5) is 22.2. The summed E-state index contributed by atoms with van der Waals surface area (Å²) in [6.07, 6.45) is -1.37. The Hall–Kier alpha value is -2.02. The first-order valence-corrected chi connectivity index (χ1v) is 4.86. The molecule has 0 aliphatic rings. The van der Waals surface area contributed by atoms with Gasteiger partial charge in [-0.3, -0.25) is 15.4 Å². The molecule has 0 spiro atoms. The Morgan fingerprint density at radius 3 is 2.53 bits per heavy atom. The largest absolute Gasteiger partial charge is 0.465 e. The van der Waals surface area contributed by atoms with Gasteiger partial charge in [-0.05, 0) is 6.07 Å². The Labute approximate surface area is 102 Å². The minimum absolute atomic E-state index is 0.115. The van der Waals surface area contributed by atoms with Crippen LogP contribution in [0, 0.1) is 10.1 Å².